The SMILES string of the molecule is CC(=O)OC1N=C(c2ccccc2)c2cc(Cl)ccc2-c2c1nc(C)[nH]c2=O. The molecule has 3 aromatic rings. The zero-order chi connectivity index (χ0) is 19.8. The Morgan fingerprint density at radius 3 is 2.61 bits per heavy atom. The molecule has 7 heteroatoms. The summed E-state index contributed by atoms with van der Waals surface area (Å²) in [6.07, 6.45) is -1.05. The summed E-state index contributed by atoms with van der Waals surface area (Å²) in [6.45, 7) is 2.97. The summed E-state index contributed by atoms with van der Waals surface area (Å²) in [7, 11) is 0. The van der Waals surface area contributed by atoms with E-state index in [1.165, 1.54) is 6.92 Å². The molecule has 0 saturated heterocycles. The van der Waals surface area contributed by atoms with Gasteiger partial charge < -0.3 is 9.72 Å². The molecule has 0 saturated carbocycles. The Morgan fingerprint density at radius 2 is 1.89 bits per heavy atom. The predicted molar refractivity (Wildman–Crippen MR) is 107 cm³/mol. The number of benzene rings is 2. The number of aryl methyl sites for hydroxylation is 1. The average Bonchev–Trinajstić information content (AvgIpc) is 2.77. The Bertz CT molecular complexity index is 1170. The van der Waals surface area contributed by atoms with E-state index in [-0.39, 0.29) is 5.56 Å². The number of esters is 1. The molecule has 6 nitrogen and oxygen atoms in total. The molecule has 2 heterocycles. The number of aromatic amines is 1. The molecule has 1 unspecified atom stereocenters. The number of aromatic nitrogens is 2. The lowest BCUT2D eigenvalue weighted by molar-refractivity contribution is -0.146. The molecule has 4 rings (SSSR count). The lowest BCUT2D eigenvalue weighted by Gasteiger charge is -2.14. The van der Waals surface area contributed by atoms with Crippen molar-refractivity contribution in [2.45, 2.75) is 20.1 Å². The third kappa shape index (κ3) is 3.23. The number of carbonyl (C=O) groups excluding carboxylic acids is 1. The van der Waals surface area contributed by atoms with Gasteiger partial charge in [0.25, 0.3) is 5.56 Å². The number of carbonyl (C=O) groups is 1. The maximum atomic E-state index is 12.8. The Labute approximate surface area is 165 Å². The fourth-order valence-electron chi connectivity index (χ4n) is 3.29. The highest BCUT2D eigenvalue weighted by molar-refractivity contribution is 6.31. The van der Waals surface area contributed by atoms with Crippen molar-refractivity contribution < 1.29 is 9.53 Å². The van der Waals surface area contributed by atoms with Gasteiger partial charge in [-0.3, -0.25) is 9.59 Å². The summed E-state index contributed by atoms with van der Waals surface area (Å²) in [5, 5.41) is 0.506. The lowest BCUT2D eigenvalue weighted by Crippen LogP contribution is -2.19. The molecule has 0 aliphatic carbocycles. The minimum absolute atomic E-state index is 0.297. The molecule has 0 amide bonds. The van der Waals surface area contributed by atoms with Crippen LogP contribution in [0.3, 0.4) is 0 Å². The summed E-state index contributed by atoms with van der Waals surface area (Å²) in [5.74, 6) is -0.106. The maximum absolute atomic E-state index is 12.8. The summed E-state index contributed by atoms with van der Waals surface area (Å²) < 4.78 is 5.45. The van der Waals surface area contributed by atoms with E-state index in [1.54, 1.807) is 25.1 Å². The maximum Gasteiger partial charge on any atom is 0.304 e. The second-order valence-corrected chi connectivity index (χ2v) is 6.84. The largest absolute Gasteiger partial charge is 0.434 e. The highest BCUT2D eigenvalue weighted by Gasteiger charge is 2.30. The van der Waals surface area contributed by atoms with Gasteiger partial charge in [-0.1, -0.05) is 48.0 Å². The van der Waals surface area contributed by atoms with E-state index in [2.05, 4.69) is 9.97 Å². The second-order valence-electron chi connectivity index (χ2n) is 6.41. The molecule has 0 fully saturated rings. The molecule has 1 aromatic heterocycles. The molecule has 2 aromatic carbocycles. The third-order valence-corrected chi connectivity index (χ3v) is 4.61. The van der Waals surface area contributed by atoms with Gasteiger partial charge in [0, 0.05) is 23.1 Å². The molecule has 1 aliphatic heterocycles. The van der Waals surface area contributed by atoms with Crippen molar-refractivity contribution in [2.75, 3.05) is 0 Å². The van der Waals surface area contributed by atoms with E-state index in [1.807, 2.05) is 30.3 Å². The first-order chi connectivity index (χ1) is 13.4. The zero-order valence-corrected chi connectivity index (χ0v) is 15.9. The van der Waals surface area contributed by atoms with Crippen LogP contribution in [0.5, 0.6) is 0 Å². The van der Waals surface area contributed by atoms with E-state index in [0.29, 0.717) is 38.9 Å². The first kappa shape index (κ1) is 18.1. The number of nitrogens with zero attached hydrogens (tertiary/aromatic N) is 2. The van der Waals surface area contributed by atoms with E-state index < -0.39 is 12.2 Å². The minimum atomic E-state index is -1.05. The second kappa shape index (κ2) is 7.05. The van der Waals surface area contributed by atoms with Crippen molar-refractivity contribution in [3.8, 4) is 11.1 Å². The average molecular weight is 394 g/mol. The van der Waals surface area contributed by atoms with Crippen molar-refractivity contribution in [3.63, 3.8) is 0 Å². The molecule has 0 spiro atoms. The monoisotopic (exact) mass is 393 g/mol. The normalized spacial score (nSPS) is 15.1. The standard InChI is InChI=1S/C21H16ClN3O3/c1-11-23-19-17(20(27)24-11)15-9-8-14(22)10-16(15)18(13-6-4-3-5-7-13)25-21(19)28-12(2)26/h3-10,21H,1-2H3,(H,23,24,27). The fraction of sp³-hybridized carbons (Fsp3) is 0.143. The predicted octanol–water partition coefficient (Wildman–Crippen LogP) is 3.81. The Balaban J connectivity index is 2.10. The first-order valence-electron chi connectivity index (χ1n) is 8.65. The summed E-state index contributed by atoms with van der Waals surface area (Å²) in [5.41, 5.74) is 2.97. The number of nitrogens with one attached hydrogen (secondary N) is 1. The van der Waals surface area contributed by atoms with Gasteiger partial charge >= 0.3 is 5.97 Å². The Kier molecular flexibility index (Phi) is 4.57. The van der Waals surface area contributed by atoms with Gasteiger partial charge in [0.2, 0.25) is 6.23 Å². The number of ether oxygens (including phenoxy) is 1. The van der Waals surface area contributed by atoms with Crippen LogP contribution in [0.25, 0.3) is 11.1 Å². The third-order valence-electron chi connectivity index (χ3n) is 4.38. The van der Waals surface area contributed by atoms with E-state index in [9.17, 15) is 9.59 Å². The van der Waals surface area contributed by atoms with Gasteiger partial charge in [-0.2, -0.15) is 0 Å². The topological polar surface area (TPSA) is 84.4 Å². The van der Waals surface area contributed by atoms with Gasteiger partial charge in [0.1, 0.15) is 11.5 Å². The van der Waals surface area contributed by atoms with Crippen LogP contribution in [0.1, 0.15) is 35.8 Å². The van der Waals surface area contributed by atoms with Crippen LogP contribution in [0.15, 0.2) is 58.3 Å². The zero-order valence-electron chi connectivity index (χ0n) is 15.2. The van der Waals surface area contributed by atoms with Crippen LogP contribution in [-0.4, -0.2) is 21.6 Å². The van der Waals surface area contributed by atoms with Crippen LogP contribution < -0.4 is 5.56 Å². The number of aliphatic imine (C=N–C) groups is 1. The Hall–Kier alpha value is -3.25. The highest BCUT2D eigenvalue weighted by Crippen LogP contribution is 2.36. The van der Waals surface area contributed by atoms with Gasteiger partial charge in [-0.15, -0.1) is 0 Å². The number of H-pyrrole nitrogens is 1. The molecule has 1 N–H and O–H groups in total. The van der Waals surface area contributed by atoms with Crippen molar-refractivity contribution in [2.24, 2.45) is 4.99 Å². The number of hydrogen-bond donors (Lipinski definition) is 1. The van der Waals surface area contributed by atoms with Gasteiger partial charge in [0.15, 0.2) is 0 Å². The quantitative estimate of drug-likeness (QED) is 0.671. The molecule has 140 valence electrons. The first-order valence-corrected chi connectivity index (χ1v) is 9.03. The smallest absolute Gasteiger partial charge is 0.304 e. The van der Waals surface area contributed by atoms with Gasteiger partial charge in [-0.25, -0.2) is 9.98 Å². The molecular formula is C21H16ClN3O3. The van der Waals surface area contributed by atoms with Crippen LogP contribution in [0.4, 0.5) is 0 Å². The fourth-order valence-corrected chi connectivity index (χ4v) is 3.46. The van der Waals surface area contributed by atoms with Crippen LogP contribution in [-0.2, 0) is 9.53 Å². The molecule has 0 radical (unpaired) electrons. The molecule has 1 atom stereocenters. The van der Waals surface area contributed by atoms with Crippen molar-refractivity contribution >= 4 is 23.3 Å². The minimum Gasteiger partial charge on any atom is -0.434 e. The van der Waals surface area contributed by atoms with Crippen LogP contribution in [0.2, 0.25) is 5.02 Å². The van der Waals surface area contributed by atoms with Crippen LogP contribution in [0, 0.1) is 6.92 Å². The van der Waals surface area contributed by atoms with Gasteiger partial charge in [-0.05, 0) is 24.6 Å². The van der Waals surface area contributed by atoms with Gasteiger partial charge in [0.05, 0.1) is 11.3 Å². The lowest BCUT2D eigenvalue weighted by atomic mass is 9.94. The molecule has 0 bridgehead atoms. The van der Waals surface area contributed by atoms with E-state index in [4.69, 9.17) is 21.3 Å². The molecule has 28 heavy (non-hydrogen) atoms. The summed E-state index contributed by atoms with van der Waals surface area (Å²) in [6, 6.07) is 14.7. The number of rotatable bonds is 2. The number of halogens is 1. The van der Waals surface area contributed by atoms with Crippen LogP contribution >= 0.6 is 11.6 Å². The van der Waals surface area contributed by atoms with E-state index in [0.717, 1.165) is 5.56 Å². The number of hydrogen-bond acceptors (Lipinski definition) is 5. The van der Waals surface area contributed by atoms with E-state index >= 15 is 0 Å². The van der Waals surface area contributed by atoms with Crippen molar-refractivity contribution in [3.05, 3.63) is 86.6 Å². The van der Waals surface area contributed by atoms with Crippen molar-refractivity contribution in [1.82, 2.24) is 9.97 Å². The highest BCUT2D eigenvalue weighted by atomic mass is 35.5. The summed E-state index contributed by atoms with van der Waals surface area (Å²) in [4.78, 5) is 36.4. The molecular weight excluding hydrogens is 378 g/mol. The number of fused-ring (bicyclic) bond motifs is 3. The summed E-state index contributed by atoms with van der Waals surface area (Å²) >= 11 is 6.25. The Morgan fingerprint density at radius 1 is 1.14 bits per heavy atom. The van der Waals surface area contributed by atoms with Crippen molar-refractivity contribution in [1.29, 1.82) is 0 Å². The molecule has 1 aliphatic rings.